The highest BCUT2D eigenvalue weighted by molar-refractivity contribution is 7.80. The first-order chi connectivity index (χ1) is 13.5. The van der Waals surface area contributed by atoms with Gasteiger partial charge in [-0.15, -0.1) is 0 Å². The SMILES string of the molecule is O=C(NC(=S)Nc1ccccc1C(=O)NCC1CCCO1)c1ccccc1F. The van der Waals surface area contributed by atoms with Crippen LogP contribution in [-0.2, 0) is 4.74 Å². The number of anilines is 1. The number of benzene rings is 2. The van der Waals surface area contributed by atoms with Crippen LogP contribution >= 0.6 is 12.2 Å². The molecule has 0 spiro atoms. The van der Waals surface area contributed by atoms with Crippen LogP contribution in [0.25, 0.3) is 0 Å². The Balaban J connectivity index is 1.62. The third-order valence-electron chi connectivity index (χ3n) is 4.28. The zero-order valence-electron chi connectivity index (χ0n) is 15.0. The fraction of sp³-hybridized carbons (Fsp3) is 0.250. The zero-order valence-corrected chi connectivity index (χ0v) is 15.9. The van der Waals surface area contributed by atoms with E-state index in [0.29, 0.717) is 24.4 Å². The summed E-state index contributed by atoms with van der Waals surface area (Å²) in [5, 5.41) is 8.05. The molecule has 1 aliphatic heterocycles. The number of carbonyl (C=O) groups excluding carboxylic acids is 2. The molecule has 0 saturated carbocycles. The van der Waals surface area contributed by atoms with Crippen molar-refractivity contribution < 1.29 is 18.7 Å². The molecule has 2 aromatic rings. The highest BCUT2D eigenvalue weighted by atomic mass is 32.1. The maximum absolute atomic E-state index is 13.7. The first kappa shape index (κ1) is 19.9. The molecule has 1 aliphatic rings. The second-order valence-electron chi connectivity index (χ2n) is 6.28. The van der Waals surface area contributed by atoms with Gasteiger partial charge in [0.1, 0.15) is 5.82 Å². The lowest BCUT2D eigenvalue weighted by molar-refractivity contribution is 0.0858. The Labute approximate surface area is 167 Å². The smallest absolute Gasteiger partial charge is 0.260 e. The Hall–Kier alpha value is -2.84. The number of halogens is 1. The minimum Gasteiger partial charge on any atom is -0.376 e. The van der Waals surface area contributed by atoms with E-state index in [1.165, 1.54) is 18.2 Å². The lowest BCUT2D eigenvalue weighted by Gasteiger charge is -2.15. The van der Waals surface area contributed by atoms with E-state index in [4.69, 9.17) is 17.0 Å². The van der Waals surface area contributed by atoms with Crippen LogP contribution in [0.5, 0.6) is 0 Å². The quantitative estimate of drug-likeness (QED) is 0.672. The molecular formula is C20H20FN3O3S. The third-order valence-corrected chi connectivity index (χ3v) is 4.48. The molecule has 28 heavy (non-hydrogen) atoms. The van der Waals surface area contributed by atoms with E-state index in [2.05, 4.69) is 16.0 Å². The molecule has 0 radical (unpaired) electrons. The van der Waals surface area contributed by atoms with Gasteiger partial charge in [0.2, 0.25) is 0 Å². The molecule has 1 fully saturated rings. The number of carbonyl (C=O) groups is 2. The van der Waals surface area contributed by atoms with Crippen LogP contribution in [0.4, 0.5) is 10.1 Å². The average Bonchev–Trinajstić information content (AvgIpc) is 3.20. The number of amides is 2. The van der Waals surface area contributed by atoms with Crippen LogP contribution in [0, 0.1) is 5.82 Å². The van der Waals surface area contributed by atoms with Crippen LogP contribution in [-0.4, -0.2) is 36.2 Å². The maximum atomic E-state index is 13.7. The van der Waals surface area contributed by atoms with Crippen molar-refractivity contribution in [3.05, 3.63) is 65.5 Å². The third kappa shape index (κ3) is 5.11. The molecule has 2 aromatic carbocycles. The van der Waals surface area contributed by atoms with Gasteiger partial charge in [-0.25, -0.2) is 4.39 Å². The van der Waals surface area contributed by atoms with E-state index >= 15 is 0 Å². The van der Waals surface area contributed by atoms with Crippen molar-refractivity contribution in [3.63, 3.8) is 0 Å². The fourth-order valence-electron chi connectivity index (χ4n) is 2.87. The van der Waals surface area contributed by atoms with Gasteiger partial charge in [-0.1, -0.05) is 24.3 Å². The molecular weight excluding hydrogens is 381 g/mol. The standard InChI is InChI=1S/C20H20FN3O3S/c21-16-9-3-1-7-14(16)19(26)24-20(28)23-17-10-4-2-8-15(17)18(25)22-12-13-6-5-11-27-13/h1-4,7-10,13H,5-6,11-12H2,(H,22,25)(H2,23,24,26,28). The van der Waals surface area contributed by atoms with Gasteiger partial charge in [0.15, 0.2) is 5.11 Å². The first-order valence-electron chi connectivity index (χ1n) is 8.90. The summed E-state index contributed by atoms with van der Waals surface area (Å²) in [5.74, 6) is -1.59. The van der Waals surface area contributed by atoms with E-state index in [0.717, 1.165) is 12.8 Å². The van der Waals surface area contributed by atoms with Crippen molar-refractivity contribution in [2.45, 2.75) is 18.9 Å². The Morgan fingerprint density at radius 3 is 2.50 bits per heavy atom. The number of para-hydroxylation sites is 1. The minimum absolute atomic E-state index is 0.0326. The average molecular weight is 401 g/mol. The van der Waals surface area contributed by atoms with Crippen LogP contribution in [0.3, 0.4) is 0 Å². The topological polar surface area (TPSA) is 79.5 Å². The Bertz CT molecular complexity index is 885. The maximum Gasteiger partial charge on any atom is 0.260 e. The van der Waals surface area contributed by atoms with Gasteiger partial charge < -0.3 is 15.4 Å². The second-order valence-corrected chi connectivity index (χ2v) is 6.69. The van der Waals surface area contributed by atoms with Gasteiger partial charge >= 0.3 is 0 Å². The van der Waals surface area contributed by atoms with Crippen molar-refractivity contribution in [3.8, 4) is 0 Å². The summed E-state index contributed by atoms with van der Waals surface area (Å²) in [4.78, 5) is 24.7. The minimum atomic E-state index is -0.670. The lowest BCUT2D eigenvalue weighted by atomic mass is 10.1. The van der Waals surface area contributed by atoms with E-state index in [1.807, 2.05) is 0 Å². The van der Waals surface area contributed by atoms with E-state index < -0.39 is 11.7 Å². The molecule has 6 nitrogen and oxygen atoms in total. The molecule has 0 aromatic heterocycles. The molecule has 0 aliphatic carbocycles. The largest absolute Gasteiger partial charge is 0.376 e. The molecule has 2 amide bonds. The van der Waals surface area contributed by atoms with Crippen LogP contribution in [0.2, 0.25) is 0 Å². The van der Waals surface area contributed by atoms with Gasteiger partial charge in [-0.3, -0.25) is 14.9 Å². The van der Waals surface area contributed by atoms with Crippen molar-refractivity contribution in [1.82, 2.24) is 10.6 Å². The summed E-state index contributed by atoms with van der Waals surface area (Å²) < 4.78 is 19.2. The Kier molecular flexibility index (Phi) is 6.67. The van der Waals surface area contributed by atoms with Gasteiger partial charge in [0.05, 0.1) is 22.9 Å². The molecule has 1 saturated heterocycles. The first-order valence-corrected chi connectivity index (χ1v) is 9.31. The highest BCUT2D eigenvalue weighted by Crippen LogP contribution is 2.16. The normalized spacial score (nSPS) is 15.7. The van der Waals surface area contributed by atoms with Gasteiger partial charge in [0.25, 0.3) is 11.8 Å². The molecule has 8 heteroatoms. The van der Waals surface area contributed by atoms with Crippen LogP contribution < -0.4 is 16.0 Å². The van der Waals surface area contributed by atoms with Gasteiger partial charge in [-0.2, -0.15) is 0 Å². The number of ether oxygens (including phenoxy) is 1. The Morgan fingerprint density at radius 2 is 1.79 bits per heavy atom. The molecule has 0 bridgehead atoms. The second kappa shape index (κ2) is 9.38. The number of thiocarbonyl (C=S) groups is 1. The summed E-state index contributed by atoms with van der Waals surface area (Å²) in [7, 11) is 0. The summed E-state index contributed by atoms with van der Waals surface area (Å²) in [6.07, 6.45) is 1.95. The number of rotatable bonds is 5. The number of hydrogen-bond acceptors (Lipinski definition) is 4. The van der Waals surface area contributed by atoms with Crippen molar-refractivity contribution in [2.75, 3.05) is 18.5 Å². The molecule has 1 heterocycles. The molecule has 3 rings (SSSR count). The van der Waals surface area contributed by atoms with Crippen molar-refractivity contribution in [2.24, 2.45) is 0 Å². The lowest BCUT2D eigenvalue weighted by Crippen LogP contribution is -2.36. The van der Waals surface area contributed by atoms with E-state index in [9.17, 15) is 14.0 Å². The summed E-state index contributed by atoms with van der Waals surface area (Å²) in [5.41, 5.74) is 0.698. The van der Waals surface area contributed by atoms with Crippen molar-refractivity contribution in [1.29, 1.82) is 0 Å². The number of hydrogen-bond donors (Lipinski definition) is 3. The molecule has 1 atom stereocenters. The Morgan fingerprint density at radius 1 is 1.07 bits per heavy atom. The van der Waals surface area contributed by atoms with E-state index in [-0.39, 0.29) is 22.7 Å². The number of nitrogens with one attached hydrogen (secondary N) is 3. The fourth-order valence-corrected chi connectivity index (χ4v) is 3.07. The zero-order chi connectivity index (χ0) is 19.9. The van der Waals surface area contributed by atoms with Crippen molar-refractivity contribution >= 4 is 34.8 Å². The van der Waals surface area contributed by atoms with Crippen LogP contribution in [0.1, 0.15) is 33.6 Å². The monoisotopic (exact) mass is 401 g/mol. The summed E-state index contributed by atoms with van der Waals surface area (Å²) in [6.45, 7) is 1.15. The molecule has 146 valence electrons. The molecule has 3 N–H and O–H groups in total. The summed E-state index contributed by atoms with van der Waals surface area (Å²) >= 11 is 5.14. The van der Waals surface area contributed by atoms with Crippen LogP contribution in [0.15, 0.2) is 48.5 Å². The van der Waals surface area contributed by atoms with Gasteiger partial charge in [0, 0.05) is 13.2 Å². The predicted octanol–water partition coefficient (Wildman–Crippen LogP) is 2.86. The highest BCUT2D eigenvalue weighted by Gasteiger charge is 2.18. The summed E-state index contributed by atoms with van der Waals surface area (Å²) in [6, 6.07) is 12.4. The molecule has 1 unspecified atom stereocenters. The van der Waals surface area contributed by atoms with Gasteiger partial charge in [-0.05, 0) is 49.3 Å². The predicted molar refractivity (Wildman–Crippen MR) is 108 cm³/mol. The van der Waals surface area contributed by atoms with E-state index in [1.54, 1.807) is 30.3 Å².